The van der Waals surface area contributed by atoms with Crippen LogP contribution in [0.3, 0.4) is 0 Å². The van der Waals surface area contributed by atoms with Gasteiger partial charge in [-0.15, -0.1) is 0 Å². The van der Waals surface area contributed by atoms with Gasteiger partial charge in [-0.1, -0.05) is 55.5 Å². The van der Waals surface area contributed by atoms with E-state index in [9.17, 15) is 0 Å². The minimum atomic E-state index is 0.775. The van der Waals surface area contributed by atoms with Crippen molar-refractivity contribution in [3.05, 3.63) is 35.4 Å². The smallest absolute Gasteiger partial charge is 0.0587 e. The molecule has 0 bridgehead atoms. The molecule has 1 aliphatic carbocycles. The summed E-state index contributed by atoms with van der Waals surface area (Å²) in [5.74, 6) is 1.68. The zero-order valence-electron chi connectivity index (χ0n) is 13.0. The largest absolute Gasteiger partial charge is 0.383 e. The van der Waals surface area contributed by atoms with Crippen molar-refractivity contribution in [2.45, 2.75) is 39.0 Å². The lowest BCUT2D eigenvalue weighted by Crippen LogP contribution is -2.31. The molecule has 112 valence electrons. The molecule has 0 aromatic heterocycles. The van der Waals surface area contributed by atoms with E-state index in [1.54, 1.807) is 7.11 Å². The number of nitrogens with one attached hydrogen (secondary N) is 1. The zero-order chi connectivity index (χ0) is 14.2. The lowest BCUT2D eigenvalue weighted by Gasteiger charge is -2.24. The maximum atomic E-state index is 5.12. The molecule has 20 heavy (non-hydrogen) atoms. The van der Waals surface area contributed by atoms with Gasteiger partial charge in [0.2, 0.25) is 0 Å². The summed E-state index contributed by atoms with van der Waals surface area (Å²) < 4.78 is 5.12. The average molecular weight is 275 g/mol. The number of benzene rings is 1. The fraction of sp³-hybridized carbons (Fsp3) is 0.667. The van der Waals surface area contributed by atoms with Crippen LogP contribution in [0, 0.1) is 18.8 Å². The van der Waals surface area contributed by atoms with Crippen LogP contribution in [0.2, 0.25) is 0 Å². The molecule has 2 nitrogen and oxygen atoms in total. The van der Waals surface area contributed by atoms with E-state index in [-0.39, 0.29) is 0 Å². The van der Waals surface area contributed by atoms with Crippen LogP contribution in [0.1, 0.15) is 36.8 Å². The minimum Gasteiger partial charge on any atom is -0.383 e. The third kappa shape index (κ3) is 4.92. The molecule has 1 aromatic rings. The van der Waals surface area contributed by atoms with Crippen molar-refractivity contribution in [1.82, 2.24) is 5.32 Å². The topological polar surface area (TPSA) is 21.3 Å². The minimum absolute atomic E-state index is 0.775. The second-order valence-electron chi connectivity index (χ2n) is 6.19. The predicted molar refractivity (Wildman–Crippen MR) is 85.1 cm³/mol. The maximum Gasteiger partial charge on any atom is 0.0587 e. The van der Waals surface area contributed by atoms with Crippen molar-refractivity contribution in [2.75, 3.05) is 26.8 Å². The first kappa shape index (κ1) is 15.5. The van der Waals surface area contributed by atoms with E-state index >= 15 is 0 Å². The van der Waals surface area contributed by atoms with Crippen molar-refractivity contribution >= 4 is 0 Å². The van der Waals surface area contributed by atoms with Gasteiger partial charge in [-0.2, -0.15) is 0 Å². The van der Waals surface area contributed by atoms with E-state index < -0.39 is 0 Å². The first-order chi connectivity index (χ1) is 9.79. The summed E-state index contributed by atoms with van der Waals surface area (Å²) in [6, 6.07) is 9.07. The molecular weight excluding hydrogens is 246 g/mol. The third-order valence-corrected chi connectivity index (χ3v) is 4.57. The van der Waals surface area contributed by atoms with Crippen LogP contribution in [-0.4, -0.2) is 26.8 Å². The Bertz CT molecular complexity index is 368. The van der Waals surface area contributed by atoms with E-state index in [2.05, 4.69) is 36.5 Å². The fourth-order valence-corrected chi connectivity index (χ4v) is 3.32. The zero-order valence-corrected chi connectivity index (χ0v) is 13.0. The molecule has 0 aliphatic heterocycles. The van der Waals surface area contributed by atoms with Gasteiger partial charge in [0.25, 0.3) is 0 Å². The van der Waals surface area contributed by atoms with E-state index in [1.165, 1.54) is 43.2 Å². The SMILES string of the molecule is COCCNCC(Cc1ccc(C)cc1)C1CCCC1. The molecule has 1 aliphatic rings. The third-order valence-electron chi connectivity index (χ3n) is 4.57. The van der Waals surface area contributed by atoms with Crippen molar-refractivity contribution < 1.29 is 4.74 Å². The second-order valence-corrected chi connectivity index (χ2v) is 6.19. The highest BCUT2D eigenvalue weighted by atomic mass is 16.5. The van der Waals surface area contributed by atoms with Crippen LogP contribution >= 0.6 is 0 Å². The molecule has 1 N–H and O–H groups in total. The molecule has 0 heterocycles. The molecule has 1 atom stereocenters. The lowest BCUT2D eigenvalue weighted by molar-refractivity contribution is 0.195. The molecule has 1 fully saturated rings. The molecule has 0 spiro atoms. The Balaban J connectivity index is 1.89. The highest BCUT2D eigenvalue weighted by Crippen LogP contribution is 2.33. The van der Waals surface area contributed by atoms with Gasteiger partial charge in [0.15, 0.2) is 0 Å². The number of methoxy groups -OCH3 is 1. The number of hydrogen-bond acceptors (Lipinski definition) is 2. The van der Waals surface area contributed by atoms with Crippen molar-refractivity contribution in [2.24, 2.45) is 11.8 Å². The summed E-state index contributed by atoms with van der Waals surface area (Å²) in [6.45, 7) is 5.06. The summed E-state index contributed by atoms with van der Waals surface area (Å²) in [6.07, 6.45) is 6.90. The molecule has 0 radical (unpaired) electrons. The Morgan fingerprint density at radius 3 is 2.55 bits per heavy atom. The first-order valence-corrected chi connectivity index (χ1v) is 8.05. The average Bonchev–Trinajstić information content (AvgIpc) is 2.98. The van der Waals surface area contributed by atoms with Crippen molar-refractivity contribution in [3.63, 3.8) is 0 Å². The van der Waals surface area contributed by atoms with E-state index in [0.717, 1.165) is 31.5 Å². The van der Waals surface area contributed by atoms with Crippen molar-refractivity contribution in [3.8, 4) is 0 Å². The number of aryl methyl sites for hydroxylation is 1. The Hall–Kier alpha value is -0.860. The van der Waals surface area contributed by atoms with Crippen LogP contribution in [0.15, 0.2) is 24.3 Å². The summed E-state index contributed by atoms with van der Waals surface area (Å²) in [4.78, 5) is 0. The van der Waals surface area contributed by atoms with Gasteiger partial charge in [-0.05, 0) is 37.3 Å². The van der Waals surface area contributed by atoms with Gasteiger partial charge in [-0.25, -0.2) is 0 Å². The molecule has 1 unspecified atom stereocenters. The van der Waals surface area contributed by atoms with E-state index in [1.807, 2.05) is 0 Å². The number of hydrogen-bond donors (Lipinski definition) is 1. The summed E-state index contributed by atoms with van der Waals surface area (Å²) in [7, 11) is 1.77. The van der Waals surface area contributed by atoms with Gasteiger partial charge in [0.1, 0.15) is 0 Å². The van der Waals surface area contributed by atoms with E-state index in [0.29, 0.717) is 0 Å². The summed E-state index contributed by atoms with van der Waals surface area (Å²) in [5, 5.41) is 3.57. The highest BCUT2D eigenvalue weighted by molar-refractivity contribution is 5.21. The molecule has 2 heteroatoms. The Morgan fingerprint density at radius 1 is 1.20 bits per heavy atom. The highest BCUT2D eigenvalue weighted by Gasteiger charge is 2.24. The molecular formula is C18H29NO. The maximum absolute atomic E-state index is 5.12. The quantitative estimate of drug-likeness (QED) is 0.732. The molecule has 1 aromatic carbocycles. The van der Waals surface area contributed by atoms with Gasteiger partial charge in [-0.3, -0.25) is 0 Å². The second kappa shape index (κ2) is 8.43. The standard InChI is InChI=1S/C18H29NO/c1-15-7-9-16(10-8-15)13-18(14-19-11-12-20-2)17-5-3-4-6-17/h7-10,17-19H,3-6,11-14H2,1-2H3. The predicted octanol–water partition coefficient (Wildman–Crippen LogP) is 3.58. The van der Waals surface area contributed by atoms with Crippen LogP contribution in [0.4, 0.5) is 0 Å². The monoisotopic (exact) mass is 275 g/mol. The van der Waals surface area contributed by atoms with Gasteiger partial charge < -0.3 is 10.1 Å². The van der Waals surface area contributed by atoms with Crippen LogP contribution in [0.5, 0.6) is 0 Å². The fourth-order valence-electron chi connectivity index (χ4n) is 3.32. The lowest BCUT2D eigenvalue weighted by atomic mass is 9.85. The Morgan fingerprint density at radius 2 is 1.90 bits per heavy atom. The summed E-state index contributed by atoms with van der Waals surface area (Å²) >= 11 is 0. The van der Waals surface area contributed by atoms with Crippen LogP contribution in [-0.2, 0) is 11.2 Å². The van der Waals surface area contributed by atoms with Crippen LogP contribution in [0.25, 0.3) is 0 Å². The Kier molecular flexibility index (Phi) is 6.55. The Labute approximate surface area is 123 Å². The van der Waals surface area contributed by atoms with Gasteiger partial charge >= 0.3 is 0 Å². The number of rotatable bonds is 8. The molecule has 0 saturated heterocycles. The normalized spacial score (nSPS) is 17.5. The first-order valence-electron chi connectivity index (χ1n) is 8.05. The molecule has 2 rings (SSSR count). The van der Waals surface area contributed by atoms with Gasteiger partial charge in [0, 0.05) is 13.7 Å². The molecule has 0 amide bonds. The van der Waals surface area contributed by atoms with E-state index in [4.69, 9.17) is 4.74 Å². The van der Waals surface area contributed by atoms with Gasteiger partial charge in [0.05, 0.1) is 6.61 Å². The van der Waals surface area contributed by atoms with Crippen molar-refractivity contribution in [1.29, 1.82) is 0 Å². The number of ether oxygens (including phenoxy) is 1. The molecule has 1 saturated carbocycles. The van der Waals surface area contributed by atoms with Crippen LogP contribution < -0.4 is 5.32 Å². The summed E-state index contributed by atoms with van der Waals surface area (Å²) in [5.41, 5.74) is 2.84.